The Morgan fingerprint density at radius 3 is 2.05 bits per heavy atom. The van der Waals surface area contributed by atoms with Gasteiger partial charge in [0.2, 0.25) is 21.8 Å². The van der Waals surface area contributed by atoms with Crippen LogP contribution < -0.4 is 9.62 Å². The van der Waals surface area contributed by atoms with Crippen molar-refractivity contribution in [2.45, 2.75) is 59.2 Å². The minimum Gasteiger partial charge on any atom is -0.350 e. The second kappa shape index (κ2) is 12.9. The first-order chi connectivity index (χ1) is 18.6. The molecule has 0 radical (unpaired) electrons. The number of halogens is 1. The zero-order chi connectivity index (χ0) is 29.7. The Balaban J connectivity index is 2.10. The highest BCUT2D eigenvalue weighted by atomic mass is 35.5. The maximum atomic E-state index is 14.2. The van der Waals surface area contributed by atoms with Crippen LogP contribution in [0.25, 0.3) is 0 Å². The second-order valence-corrected chi connectivity index (χ2v) is 13.5. The first-order valence-corrected chi connectivity index (χ1v) is 15.3. The van der Waals surface area contributed by atoms with Crippen LogP contribution in [0, 0.1) is 13.8 Å². The van der Waals surface area contributed by atoms with Gasteiger partial charge in [-0.05, 0) is 75.1 Å². The van der Waals surface area contributed by atoms with Gasteiger partial charge in [-0.2, -0.15) is 0 Å². The average molecular weight is 584 g/mol. The summed E-state index contributed by atoms with van der Waals surface area (Å²) in [6.07, 6.45) is 1.31. The van der Waals surface area contributed by atoms with Crippen molar-refractivity contribution in [2.24, 2.45) is 0 Å². The molecule has 3 aromatic carbocycles. The van der Waals surface area contributed by atoms with E-state index in [1.807, 2.05) is 77.1 Å². The van der Waals surface area contributed by atoms with Crippen LogP contribution in [0.2, 0.25) is 5.02 Å². The lowest BCUT2D eigenvalue weighted by molar-refractivity contribution is -0.140. The van der Waals surface area contributed by atoms with Crippen LogP contribution in [0.4, 0.5) is 5.69 Å². The van der Waals surface area contributed by atoms with Crippen molar-refractivity contribution >= 4 is 39.1 Å². The van der Waals surface area contributed by atoms with Gasteiger partial charge >= 0.3 is 0 Å². The van der Waals surface area contributed by atoms with Crippen molar-refractivity contribution in [3.05, 3.63) is 100 Å². The van der Waals surface area contributed by atoms with E-state index in [9.17, 15) is 18.0 Å². The number of carbonyl (C=O) groups is 2. The first kappa shape index (κ1) is 31.2. The number of amides is 2. The predicted octanol–water partition coefficient (Wildman–Crippen LogP) is 5.28. The van der Waals surface area contributed by atoms with Gasteiger partial charge < -0.3 is 10.2 Å². The molecule has 9 heteroatoms. The number of anilines is 1. The fraction of sp³-hybridized carbons (Fsp3) is 0.355. The fourth-order valence-corrected chi connectivity index (χ4v) is 5.55. The summed E-state index contributed by atoms with van der Waals surface area (Å²) < 4.78 is 27.0. The lowest BCUT2D eigenvalue weighted by atomic mass is 10.0. The van der Waals surface area contributed by atoms with Gasteiger partial charge in [-0.25, -0.2) is 8.42 Å². The molecule has 3 rings (SSSR count). The van der Waals surface area contributed by atoms with E-state index in [1.54, 1.807) is 30.3 Å². The van der Waals surface area contributed by atoms with Crippen LogP contribution in [0.5, 0.6) is 0 Å². The molecule has 0 saturated carbocycles. The van der Waals surface area contributed by atoms with Gasteiger partial charge in [0.25, 0.3) is 0 Å². The molecule has 1 atom stereocenters. The van der Waals surface area contributed by atoms with E-state index in [-0.39, 0.29) is 18.9 Å². The third kappa shape index (κ3) is 8.83. The monoisotopic (exact) mass is 583 g/mol. The summed E-state index contributed by atoms with van der Waals surface area (Å²) in [6.45, 7) is 8.91. The Kier molecular flexibility index (Phi) is 10.0. The summed E-state index contributed by atoms with van der Waals surface area (Å²) in [5.41, 5.74) is 3.10. The topological polar surface area (TPSA) is 86.8 Å². The molecule has 0 aliphatic rings. The molecule has 0 saturated heterocycles. The number of nitrogens with zero attached hydrogens (tertiary/aromatic N) is 2. The van der Waals surface area contributed by atoms with E-state index in [0.29, 0.717) is 16.3 Å². The van der Waals surface area contributed by atoms with Crippen LogP contribution in [-0.4, -0.2) is 49.5 Å². The van der Waals surface area contributed by atoms with Gasteiger partial charge in [0.15, 0.2) is 0 Å². The summed E-state index contributed by atoms with van der Waals surface area (Å²) in [4.78, 5) is 29.4. The van der Waals surface area contributed by atoms with Crippen molar-refractivity contribution in [1.82, 2.24) is 10.2 Å². The number of hydrogen-bond donors (Lipinski definition) is 1. The number of rotatable bonds is 10. The Hall–Kier alpha value is -3.36. The number of benzene rings is 3. The molecule has 0 unspecified atom stereocenters. The third-order valence-electron chi connectivity index (χ3n) is 6.24. The largest absolute Gasteiger partial charge is 0.350 e. The van der Waals surface area contributed by atoms with Gasteiger partial charge in [0, 0.05) is 23.5 Å². The van der Waals surface area contributed by atoms with Gasteiger partial charge in [-0.3, -0.25) is 13.9 Å². The predicted molar refractivity (Wildman–Crippen MR) is 162 cm³/mol. The number of aryl methyl sites for hydroxylation is 2. The Morgan fingerprint density at radius 1 is 0.925 bits per heavy atom. The lowest BCUT2D eigenvalue weighted by Gasteiger charge is -2.35. The maximum Gasteiger partial charge on any atom is 0.244 e. The average Bonchev–Trinajstić information content (AvgIpc) is 2.83. The molecule has 214 valence electrons. The standard InChI is InChI=1S/C31H38ClN3O4S/c1-22-16-23(2)18-26(17-22)35(40(6,38)39)21-29(36)34(20-25-14-10-11-15-27(25)32)28(30(37)33-31(3,4)5)19-24-12-8-7-9-13-24/h7-18,28H,19-21H2,1-6H3,(H,33,37)/t28-/m1/s1. The summed E-state index contributed by atoms with van der Waals surface area (Å²) in [5.74, 6) is -0.858. The molecule has 7 nitrogen and oxygen atoms in total. The van der Waals surface area contributed by atoms with E-state index in [1.165, 1.54) is 4.90 Å². The normalized spacial score (nSPS) is 12.5. The van der Waals surface area contributed by atoms with Crippen LogP contribution in [0.15, 0.2) is 72.8 Å². The van der Waals surface area contributed by atoms with Crippen molar-refractivity contribution < 1.29 is 18.0 Å². The van der Waals surface area contributed by atoms with Crippen LogP contribution in [0.3, 0.4) is 0 Å². The Morgan fingerprint density at radius 2 is 1.50 bits per heavy atom. The highest BCUT2D eigenvalue weighted by Crippen LogP contribution is 2.24. The fourth-order valence-electron chi connectivity index (χ4n) is 4.53. The van der Waals surface area contributed by atoms with Crippen LogP contribution >= 0.6 is 11.6 Å². The molecular weight excluding hydrogens is 546 g/mol. The number of hydrogen-bond acceptors (Lipinski definition) is 4. The highest BCUT2D eigenvalue weighted by Gasteiger charge is 2.34. The van der Waals surface area contributed by atoms with Crippen molar-refractivity contribution in [2.75, 3.05) is 17.1 Å². The smallest absolute Gasteiger partial charge is 0.244 e. The van der Waals surface area contributed by atoms with E-state index in [2.05, 4.69) is 5.32 Å². The van der Waals surface area contributed by atoms with E-state index in [0.717, 1.165) is 27.3 Å². The van der Waals surface area contributed by atoms with Gasteiger partial charge in [0.05, 0.1) is 11.9 Å². The Bertz CT molecular complexity index is 1430. The molecule has 2 amide bonds. The van der Waals surface area contributed by atoms with Crippen molar-refractivity contribution in [1.29, 1.82) is 0 Å². The molecule has 3 aromatic rings. The number of nitrogens with one attached hydrogen (secondary N) is 1. The summed E-state index contributed by atoms with van der Waals surface area (Å²) in [6, 6.07) is 21.0. The van der Waals surface area contributed by atoms with E-state index < -0.39 is 34.1 Å². The summed E-state index contributed by atoms with van der Waals surface area (Å²) in [7, 11) is -3.84. The molecule has 0 bridgehead atoms. The summed E-state index contributed by atoms with van der Waals surface area (Å²) >= 11 is 6.49. The second-order valence-electron chi connectivity index (χ2n) is 11.2. The summed E-state index contributed by atoms with van der Waals surface area (Å²) in [5, 5.41) is 3.46. The lowest BCUT2D eigenvalue weighted by Crippen LogP contribution is -2.56. The van der Waals surface area contributed by atoms with E-state index >= 15 is 0 Å². The molecule has 0 aliphatic heterocycles. The van der Waals surface area contributed by atoms with Crippen LogP contribution in [-0.2, 0) is 32.6 Å². The molecule has 0 spiro atoms. The molecule has 0 fully saturated rings. The van der Waals surface area contributed by atoms with Crippen LogP contribution in [0.1, 0.15) is 43.0 Å². The minimum atomic E-state index is -3.84. The molecule has 0 aliphatic carbocycles. The molecule has 40 heavy (non-hydrogen) atoms. The Labute approximate surface area is 243 Å². The molecular formula is C31H38ClN3O4S. The SMILES string of the molecule is Cc1cc(C)cc(N(CC(=O)N(Cc2ccccc2Cl)[C@H](Cc2ccccc2)C(=O)NC(C)(C)C)S(C)(=O)=O)c1. The van der Waals surface area contributed by atoms with E-state index in [4.69, 9.17) is 11.6 Å². The molecule has 0 heterocycles. The zero-order valence-electron chi connectivity index (χ0n) is 23.9. The highest BCUT2D eigenvalue weighted by molar-refractivity contribution is 7.92. The molecule has 0 aromatic heterocycles. The van der Waals surface area contributed by atoms with Gasteiger partial charge in [-0.15, -0.1) is 0 Å². The third-order valence-corrected chi connectivity index (χ3v) is 7.75. The van der Waals surface area contributed by atoms with Gasteiger partial charge in [0.1, 0.15) is 12.6 Å². The van der Waals surface area contributed by atoms with Crippen molar-refractivity contribution in [3.63, 3.8) is 0 Å². The number of carbonyl (C=O) groups excluding carboxylic acids is 2. The van der Waals surface area contributed by atoms with Gasteiger partial charge in [-0.1, -0.05) is 66.2 Å². The zero-order valence-corrected chi connectivity index (χ0v) is 25.5. The maximum absolute atomic E-state index is 14.2. The molecule has 1 N–H and O–H groups in total. The first-order valence-electron chi connectivity index (χ1n) is 13.1. The minimum absolute atomic E-state index is 0.0258. The van der Waals surface area contributed by atoms with Crippen molar-refractivity contribution in [3.8, 4) is 0 Å². The number of sulfonamides is 1. The quantitative estimate of drug-likeness (QED) is 0.352.